The molecule has 0 aliphatic carbocycles. The molecule has 0 bridgehead atoms. The Morgan fingerprint density at radius 3 is 2.95 bits per heavy atom. The Balaban J connectivity index is 1.63. The highest BCUT2D eigenvalue weighted by Crippen LogP contribution is 2.24. The van der Waals surface area contributed by atoms with Crippen LogP contribution in [-0.2, 0) is 9.59 Å². The van der Waals surface area contributed by atoms with Gasteiger partial charge in [0.2, 0.25) is 11.8 Å². The molecule has 0 saturated carbocycles. The van der Waals surface area contributed by atoms with Gasteiger partial charge < -0.3 is 15.1 Å². The van der Waals surface area contributed by atoms with Gasteiger partial charge in [-0.3, -0.25) is 9.59 Å². The van der Waals surface area contributed by atoms with Crippen molar-refractivity contribution in [3.05, 3.63) is 0 Å². The third-order valence-corrected chi connectivity index (χ3v) is 4.84. The van der Waals surface area contributed by atoms with Crippen molar-refractivity contribution in [1.82, 2.24) is 15.1 Å². The van der Waals surface area contributed by atoms with Gasteiger partial charge in [-0.25, -0.2) is 0 Å². The summed E-state index contributed by atoms with van der Waals surface area (Å²) < 4.78 is 0. The quantitative estimate of drug-likeness (QED) is 0.737. The van der Waals surface area contributed by atoms with E-state index < -0.39 is 0 Å². The van der Waals surface area contributed by atoms with E-state index in [2.05, 4.69) is 12.2 Å². The molecular formula is C14H23N3O2. The summed E-state index contributed by atoms with van der Waals surface area (Å²) in [5, 5.41) is 3.36. The minimum Gasteiger partial charge on any atom is -0.337 e. The van der Waals surface area contributed by atoms with Crippen LogP contribution in [0.4, 0.5) is 0 Å². The molecule has 19 heavy (non-hydrogen) atoms. The first-order valence-corrected chi connectivity index (χ1v) is 7.48. The van der Waals surface area contributed by atoms with Crippen molar-refractivity contribution in [2.75, 3.05) is 26.2 Å². The number of nitrogens with one attached hydrogen (secondary N) is 1. The zero-order valence-electron chi connectivity index (χ0n) is 11.6. The molecule has 0 spiro atoms. The van der Waals surface area contributed by atoms with Gasteiger partial charge in [0.15, 0.2) is 0 Å². The first kappa shape index (κ1) is 12.9. The molecule has 0 aromatic carbocycles. The van der Waals surface area contributed by atoms with Crippen LogP contribution >= 0.6 is 0 Å². The third kappa shape index (κ3) is 2.36. The van der Waals surface area contributed by atoms with E-state index in [0.29, 0.717) is 18.9 Å². The van der Waals surface area contributed by atoms with E-state index >= 15 is 0 Å². The highest BCUT2D eigenvalue weighted by Gasteiger charge is 2.39. The lowest BCUT2D eigenvalue weighted by Gasteiger charge is -2.40. The number of carbonyl (C=O) groups excluding carboxylic acids is 2. The smallest absolute Gasteiger partial charge is 0.240 e. The molecular weight excluding hydrogens is 242 g/mol. The summed E-state index contributed by atoms with van der Waals surface area (Å²) in [6.45, 7) is 5.25. The van der Waals surface area contributed by atoms with Crippen LogP contribution in [0, 0.1) is 5.92 Å². The maximum absolute atomic E-state index is 12.6. The average molecular weight is 265 g/mol. The van der Waals surface area contributed by atoms with Gasteiger partial charge in [-0.05, 0) is 31.7 Å². The molecule has 0 aromatic heterocycles. The topological polar surface area (TPSA) is 52.7 Å². The fraction of sp³-hybridized carbons (Fsp3) is 0.857. The van der Waals surface area contributed by atoms with Crippen LogP contribution in [0.3, 0.4) is 0 Å². The number of nitrogens with zero attached hydrogens (tertiary/aromatic N) is 2. The second-order valence-corrected chi connectivity index (χ2v) is 6.12. The molecule has 3 heterocycles. The number of hydrogen-bond donors (Lipinski definition) is 1. The number of piperazine rings is 1. The average Bonchev–Trinajstić information content (AvgIpc) is 2.80. The Labute approximate surface area is 114 Å². The van der Waals surface area contributed by atoms with Crippen LogP contribution < -0.4 is 5.32 Å². The number of fused-ring (bicyclic) bond motifs is 1. The van der Waals surface area contributed by atoms with Gasteiger partial charge in [-0.15, -0.1) is 0 Å². The van der Waals surface area contributed by atoms with Gasteiger partial charge in [0.1, 0.15) is 0 Å². The Bertz CT molecular complexity index is 385. The van der Waals surface area contributed by atoms with E-state index in [1.54, 1.807) is 0 Å². The molecule has 1 N–H and O–H groups in total. The number of carbonyl (C=O) groups is 2. The van der Waals surface area contributed by atoms with Crippen LogP contribution in [0.15, 0.2) is 0 Å². The Morgan fingerprint density at radius 2 is 2.16 bits per heavy atom. The summed E-state index contributed by atoms with van der Waals surface area (Å²) in [6, 6.07) is 0.251. The highest BCUT2D eigenvalue weighted by molar-refractivity contribution is 5.83. The van der Waals surface area contributed by atoms with Crippen molar-refractivity contribution < 1.29 is 9.59 Å². The van der Waals surface area contributed by atoms with E-state index in [9.17, 15) is 9.59 Å². The lowest BCUT2D eigenvalue weighted by atomic mass is 9.91. The van der Waals surface area contributed by atoms with Gasteiger partial charge >= 0.3 is 0 Å². The van der Waals surface area contributed by atoms with Crippen LogP contribution in [0.25, 0.3) is 0 Å². The minimum atomic E-state index is -0.0163. The highest BCUT2D eigenvalue weighted by atomic mass is 16.2. The standard InChI is InChI=1S/C14H23N3O2/c1-10-3-2-6-15-13(10)14(19)16-7-8-17-11(9-16)4-5-12(17)18/h10-11,13,15H,2-9H2,1H3. The molecule has 3 aliphatic rings. The maximum atomic E-state index is 12.6. The fourth-order valence-corrected chi connectivity index (χ4v) is 3.64. The largest absolute Gasteiger partial charge is 0.337 e. The molecule has 3 unspecified atom stereocenters. The molecule has 106 valence electrons. The van der Waals surface area contributed by atoms with E-state index in [1.807, 2.05) is 9.80 Å². The predicted octanol–water partition coefficient (Wildman–Crippen LogP) is 0.208. The predicted molar refractivity (Wildman–Crippen MR) is 71.5 cm³/mol. The van der Waals surface area contributed by atoms with E-state index in [-0.39, 0.29) is 23.9 Å². The molecule has 3 saturated heterocycles. The molecule has 2 amide bonds. The molecule has 0 radical (unpaired) electrons. The summed E-state index contributed by atoms with van der Waals surface area (Å²) in [6.07, 6.45) is 3.86. The van der Waals surface area contributed by atoms with Crippen molar-refractivity contribution in [3.8, 4) is 0 Å². The van der Waals surface area contributed by atoms with Crippen LogP contribution in [0.2, 0.25) is 0 Å². The first-order chi connectivity index (χ1) is 9.16. The summed E-state index contributed by atoms with van der Waals surface area (Å²) in [5.74, 6) is 0.928. The Kier molecular flexibility index (Phi) is 3.48. The van der Waals surface area contributed by atoms with E-state index in [0.717, 1.165) is 38.9 Å². The zero-order valence-corrected chi connectivity index (χ0v) is 11.6. The van der Waals surface area contributed by atoms with Crippen LogP contribution in [0.5, 0.6) is 0 Å². The van der Waals surface area contributed by atoms with Gasteiger partial charge in [0.05, 0.1) is 6.04 Å². The maximum Gasteiger partial charge on any atom is 0.240 e. The Morgan fingerprint density at radius 1 is 1.32 bits per heavy atom. The molecule has 3 aliphatic heterocycles. The van der Waals surface area contributed by atoms with Crippen molar-refractivity contribution in [2.24, 2.45) is 5.92 Å². The third-order valence-electron chi connectivity index (χ3n) is 4.84. The van der Waals surface area contributed by atoms with Crippen molar-refractivity contribution in [3.63, 3.8) is 0 Å². The SMILES string of the molecule is CC1CCCNC1C(=O)N1CCN2C(=O)CCC2C1. The van der Waals surface area contributed by atoms with Crippen molar-refractivity contribution in [2.45, 2.75) is 44.7 Å². The Hall–Kier alpha value is -1.10. The second-order valence-electron chi connectivity index (χ2n) is 6.12. The van der Waals surface area contributed by atoms with Gasteiger partial charge in [-0.2, -0.15) is 0 Å². The second kappa shape index (κ2) is 5.12. The summed E-state index contributed by atoms with van der Waals surface area (Å²) in [4.78, 5) is 28.2. The van der Waals surface area contributed by atoms with E-state index in [1.165, 1.54) is 0 Å². The first-order valence-electron chi connectivity index (χ1n) is 7.48. The van der Waals surface area contributed by atoms with Gasteiger partial charge in [-0.1, -0.05) is 6.92 Å². The van der Waals surface area contributed by atoms with Crippen LogP contribution in [0.1, 0.15) is 32.6 Å². The van der Waals surface area contributed by atoms with Crippen LogP contribution in [-0.4, -0.2) is 59.9 Å². The van der Waals surface area contributed by atoms with Gasteiger partial charge in [0, 0.05) is 32.1 Å². The van der Waals surface area contributed by atoms with E-state index in [4.69, 9.17) is 0 Å². The zero-order chi connectivity index (χ0) is 13.4. The lowest BCUT2D eigenvalue weighted by Crippen LogP contribution is -2.59. The monoisotopic (exact) mass is 265 g/mol. The summed E-state index contributed by atoms with van der Waals surface area (Å²) in [5.41, 5.74) is 0. The molecule has 5 heteroatoms. The molecule has 3 rings (SSSR count). The molecule has 3 atom stereocenters. The number of piperidine rings is 1. The van der Waals surface area contributed by atoms with Crippen molar-refractivity contribution in [1.29, 1.82) is 0 Å². The summed E-state index contributed by atoms with van der Waals surface area (Å²) in [7, 11) is 0. The van der Waals surface area contributed by atoms with Gasteiger partial charge in [0.25, 0.3) is 0 Å². The van der Waals surface area contributed by atoms with Crippen molar-refractivity contribution >= 4 is 11.8 Å². The number of amides is 2. The number of rotatable bonds is 1. The fourth-order valence-electron chi connectivity index (χ4n) is 3.64. The minimum absolute atomic E-state index is 0.0163. The summed E-state index contributed by atoms with van der Waals surface area (Å²) >= 11 is 0. The lowest BCUT2D eigenvalue weighted by molar-refractivity contribution is -0.141. The molecule has 0 aromatic rings. The number of hydrogen-bond acceptors (Lipinski definition) is 3. The normalized spacial score (nSPS) is 35.4. The molecule has 5 nitrogen and oxygen atoms in total. The molecule has 3 fully saturated rings.